The lowest BCUT2D eigenvalue weighted by Gasteiger charge is -2.21. The quantitative estimate of drug-likeness (QED) is 0.798. The molecular formula is C14H21N3O3. The van der Waals surface area contributed by atoms with Gasteiger partial charge < -0.3 is 15.3 Å². The first-order valence-electron chi connectivity index (χ1n) is 6.69. The van der Waals surface area contributed by atoms with Gasteiger partial charge in [-0.2, -0.15) is 0 Å². The molecule has 2 amide bonds. The molecule has 1 aromatic heterocycles. The van der Waals surface area contributed by atoms with Crippen molar-refractivity contribution >= 4 is 12.0 Å². The summed E-state index contributed by atoms with van der Waals surface area (Å²) in [6.07, 6.45) is 3.75. The molecular weight excluding hydrogens is 258 g/mol. The summed E-state index contributed by atoms with van der Waals surface area (Å²) in [5.41, 5.74) is 0.755. The van der Waals surface area contributed by atoms with Crippen molar-refractivity contribution in [1.29, 1.82) is 0 Å². The summed E-state index contributed by atoms with van der Waals surface area (Å²) in [5, 5.41) is 11.6. The highest BCUT2D eigenvalue weighted by atomic mass is 16.4. The number of hydrogen-bond acceptors (Lipinski definition) is 3. The Morgan fingerprint density at radius 2 is 2.20 bits per heavy atom. The lowest BCUT2D eigenvalue weighted by Crippen LogP contribution is -2.46. The van der Waals surface area contributed by atoms with Gasteiger partial charge in [-0.25, -0.2) is 9.59 Å². The summed E-state index contributed by atoms with van der Waals surface area (Å²) in [6, 6.07) is 4.22. The van der Waals surface area contributed by atoms with Crippen molar-refractivity contribution in [3.63, 3.8) is 0 Å². The van der Waals surface area contributed by atoms with Gasteiger partial charge in [0.1, 0.15) is 6.04 Å². The van der Waals surface area contributed by atoms with Crippen LogP contribution < -0.4 is 5.32 Å². The molecule has 2 N–H and O–H groups in total. The molecule has 1 atom stereocenters. The van der Waals surface area contributed by atoms with Crippen molar-refractivity contribution in [3.05, 3.63) is 30.1 Å². The average molecular weight is 279 g/mol. The molecule has 6 heteroatoms. The van der Waals surface area contributed by atoms with Gasteiger partial charge in [0.25, 0.3) is 0 Å². The second-order valence-corrected chi connectivity index (χ2v) is 4.66. The maximum atomic E-state index is 11.9. The zero-order valence-electron chi connectivity index (χ0n) is 11.9. The zero-order chi connectivity index (χ0) is 15.0. The first-order chi connectivity index (χ1) is 9.54. The number of aromatic nitrogens is 1. The first kappa shape index (κ1) is 15.9. The molecule has 110 valence electrons. The number of pyridine rings is 1. The minimum Gasteiger partial charge on any atom is -0.480 e. The molecule has 0 saturated heterocycles. The third-order valence-corrected chi connectivity index (χ3v) is 2.91. The molecule has 1 rings (SSSR count). The number of urea groups is 1. The van der Waals surface area contributed by atoms with E-state index in [1.165, 1.54) is 4.90 Å². The van der Waals surface area contributed by atoms with Crippen LogP contribution in [-0.2, 0) is 11.3 Å². The Bertz CT molecular complexity index is 437. The van der Waals surface area contributed by atoms with Gasteiger partial charge in [0.15, 0.2) is 0 Å². The summed E-state index contributed by atoms with van der Waals surface area (Å²) >= 11 is 0. The van der Waals surface area contributed by atoms with Crippen molar-refractivity contribution < 1.29 is 14.7 Å². The number of amides is 2. The Morgan fingerprint density at radius 3 is 2.75 bits per heavy atom. The molecule has 0 saturated carbocycles. The van der Waals surface area contributed by atoms with Crippen LogP contribution in [0.25, 0.3) is 0 Å². The highest BCUT2D eigenvalue weighted by Crippen LogP contribution is 2.03. The highest BCUT2D eigenvalue weighted by molar-refractivity contribution is 5.82. The Kier molecular flexibility index (Phi) is 6.49. The predicted molar refractivity (Wildman–Crippen MR) is 75.2 cm³/mol. The second kappa shape index (κ2) is 8.14. The monoisotopic (exact) mass is 279 g/mol. The van der Waals surface area contributed by atoms with Gasteiger partial charge in [0.05, 0.1) is 12.2 Å². The molecule has 0 aliphatic heterocycles. The lowest BCUT2D eigenvalue weighted by molar-refractivity contribution is -0.139. The van der Waals surface area contributed by atoms with E-state index in [0.717, 1.165) is 18.5 Å². The van der Waals surface area contributed by atoms with Crippen LogP contribution in [0.3, 0.4) is 0 Å². The van der Waals surface area contributed by atoms with Crippen LogP contribution in [0.4, 0.5) is 4.79 Å². The number of aliphatic carboxylic acids is 1. The number of carbonyl (C=O) groups excluding carboxylic acids is 1. The van der Waals surface area contributed by atoms with Gasteiger partial charge in [0, 0.05) is 13.2 Å². The maximum absolute atomic E-state index is 11.9. The molecule has 0 aliphatic rings. The molecule has 1 heterocycles. The molecule has 6 nitrogen and oxygen atoms in total. The topological polar surface area (TPSA) is 82.5 Å². The maximum Gasteiger partial charge on any atom is 0.326 e. The van der Waals surface area contributed by atoms with Crippen LogP contribution in [0, 0.1) is 0 Å². The molecule has 0 radical (unpaired) electrons. The van der Waals surface area contributed by atoms with E-state index in [2.05, 4.69) is 10.3 Å². The number of carboxylic acid groups (broad SMARTS) is 1. The number of unbranched alkanes of at least 4 members (excludes halogenated alkanes) is 1. The normalized spacial score (nSPS) is 11.7. The van der Waals surface area contributed by atoms with Crippen molar-refractivity contribution in [2.24, 2.45) is 0 Å². The van der Waals surface area contributed by atoms with Crippen molar-refractivity contribution in [3.8, 4) is 0 Å². The van der Waals surface area contributed by atoms with Gasteiger partial charge in [-0.3, -0.25) is 4.98 Å². The van der Waals surface area contributed by atoms with E-state index in [0.29, 0.717) is 13.0 Å². The Hall–Kier alpha value is -2.11. The van der Waals surface area contributed by atoms with Crippen LogP contribution >= 0.6 is 0 Å². The molecule has 1 unspecified atom stereocenters. The number of carboxylic acids is 1. The van der Waals surface area contributed by atoms with Gasteiger partial charge in [-0.15, -0.1) is 0 Å². The Morgan fingerprint density at radius 1 is 1.45 bits per heavy atom. The smallest absolute Gasteiger partial charge is 0.326 e. The molecule has 1 aromatic rings. The number of carbonyl (C=O) groups is 2. The van der Waals surface area contributed by atoms with Crippen LogP contribution in [0.5, 0.6) is 0 Å². The minimum absolute atomic E-state index is 0.340. The first-order valence-corrected chi connectivity index (χ1v) is 6.69. The standard InChI is InChI=1S/C14H21N3O3/c1-3-4-8-12(13(18)19)16-14(20)17(2)10-11-7-5-6-9-15-11/h5-7,9,12H,3-4,8,10H2,1-2H3,(H,16,20)(H,18,19). The van der Waals surface area contributed by atoms with Crippen LogP contribution in [0.15, 0.2) is 24.4 Å². The highest BCUT2D eigenvalue weighted by Gasteiger charge is 2.21. The average Bonchev–Trinajstić information content (AvgIpc) is 2.43. The van der Waals surface area contributed by atoms with Gasteiger partial charge in [0.2, 0.25) is 0 Å². The third kappa shape index (κ3) is 5.26. The van der Waals surface area contributed by atoms with E-state index >= 15 is 0 Å². The third-order valence-electron chi connectivity index (χ3n) is 2.91. The summed E-state index contributed by atoms with van der Waals surface area (Å²) in [4.78, 5) is 28.6. The van der Waals surface area contributed by atoms with E-state index in [-0.39, 0.29) is 0 Å². The van der Waals surface area contributed by atoms with Gasteiger partial charge in [-0.1, -0.05) is 25.8 Å². The fourth-order valence-corrected chi connectivity index (χ4v) is 1.73. The lowest BCUT2D eigenvalue weighted by atomic mass is 10.1. The van der Waals surface area contributed by atoms with Crippen LogP contribution in [0.1, 0.15) is 31.9 Å². The predicted octanol–water partition coefficient (Wildman–Crippen LogP) is 1.87. The fourth-order valence-electron chi connectivity index (χ4n) is 1.73. The molecule has 0 bridgehead atoms. The van der Waals surface area contributed by atoms with Crippen molar-refractivity contribution in [2.75, 3.05) is 7.05 Å². The summed E-state index contributed by atoms with van der Waals surface area (Å²) in [7, 11) is 1.61. The van der Waals surface area contributed by atoms with E-state index in [9.17, 15) is 9.59 Å². The molecule has 20 heavy (non-hydrogen) atoms. The van der Waals surface area contributed by atoms with E-state index in [1.807, 2.05) is 19.1 Å². The second-order valence-electron chi connectivity index (χ2n) is 4.66. The van der Waals surface area contributed by atoms with Crippen LogP contribution in [-0.4, -0.2) is 40.1 Å². The summed E-state index contributed by atoms with van der Waals surface area (Å²) < 4.78 is 0. The SMILES string of the molecule is CCCCC(NC(=O)N(C)Cc1ccccn1)C(=O)O. The summed E-state index contributed by atoms with van der Waals surface area (Å²) in [5.74, 6) is -1.00. The number of nitrogens with one attached hydrogen (secondary N) is 1. The van der Waals surface area contributed by atoms with E-state index in [1.54, 1.807) is 19.3 Å². The number of rotatable bonds is 7. The van der Waals surface area contributed by atoms with Crippen molar-refractivity contribution in [2.45, 2.75) is 38.8 Å². The number of nitrogens with zero attached hydrogens (tertiary/aromatic N) is 2. The van der Waals surface area contributed by atoms with Crippen molar-refractivity contribution in [1.82, 2.24) is 15.2 Å². The zero-order valence-corrected chi connectivity index (χ0v) is 11.9. The van der Waals surface area contributed by atoms with E-state index in [4.69, 9.17) is 5.11 Å². The summed E-state index contributed by atoms with van der Waals surface area (Å²) in [6.45, 7) is 2.32. The van der Waals surface area contributed by atoms with Gasteiger partial charge >= 0.3 is 12.0 Å². The molecule has 0 aromatic carbocycles. The molecule has 0 fully saturated rings. The Labute approximate surface area is 118 Å². The number of hydrogen-bond donors (Lipinski definition) is 2. The Balaban J connectivity index is 2.53. The van der Waals surface area contributed by atoms with Crippen LogP contribution in [0.2, 0.25) is 0 Å². The van der Waals surface area contributed by atoms with Gasteiger partial charge in [-0.05, 0) is 18.6 Å². The minimum atomic E-state index is -1.00. The molecule has 0 aliphatic carbocycles. The van der Waals surface area contributed by atoms with E-state index < -0.39 is 18.0 Å². The molecule has 0 spiro atoms. The largest absolute Gasteiger partial charge is 0.480 e. The fraction of sp³-hybridized carbons (Fsp3) is 0.500.